The topological polar surface area (TPSA) is 96.9 Å². The van der Waals surface area contributed by atoms with Crippen molar-refractivity contribution < 1.29 is 14.7 Å². The second-order valence-electron chi connectivity index (χ2n) is 4.94. The van der Waals surface area contributed by atoms with Gasteiger partial charge in [0.25, 0.3) is 0 Å². The number of hydrogen-bond donors (Lipinski definition) is 3. The van der Waals surface area contributed by atoms with Crippen molar-refractivity contribution in [1.82, 2.24) is 5.32 Å². The number of nitrogens with two attached hydrogens (primary N) is 1. The minimum absolute atomic E-state index is 0.0805. The van der Waals surface area contributed by atoms with Gasteiger partial charge in [0.1, 0.15) is 11.2 Å². The fourth-order valence-electron chi connectivity index (χ4n) is 1.74. The molecular weight excluding hydrogens is 270 g/mol. The quantitative estimate of drug-likeness (QED) is 0.223. The molecule has 0 aliphatic carbocycles. The Balaban J connectivity index is 2.33. The first-order valence-electron chi connectivity index (χ1n) is 6.98. The fraction of sp³-hybridized carbons (Fsp3) is 0.467. The van der Waals surface area contributed by atoms with E-state index in [9.17, 15) is 4.79 Å². The van der Waals surface area contributed by atoms with Crippen LogP contribution in [0, 0.1) is 5.41 Å². The van der Waals surface area contributed by atoms with Gasteiger partial charge < -0.3 is 21.0 Å². The van der Waals surface area contributed by atoms with E-state index in [1.807, 2.05) is 37.3 Å². The Morgan fingerprint density at radius 2 is 2.10 bits per heavy atom. The van der Waals surface area contributed by atoms with E-state index in [-0.39, 0.29) is 11.7 Å². The summed E-state index contributed by atoms with van der Waals surface area (Å²) in [5.74, 6) is 0.474. The van der Waals surface area contributed by atoms with Gasteiger partial charge in [0.05, 0.1) is 6.61 Å². The number of oxime groups is 1. The van der Waals surface area contributed by atoms with Crippen LogP contribution in [0.15, 0.2) is 35.5 Å². The number of para-hydroxylation sites is 1. The van der Waals surface area contributed by atoms with Crippen molar-refractivity contribution in [2.75, 3.05) is 13.2 Å². The Bertz CT molecular complexity index is 476. The highest BCUT2D eigenvalue weighted by Crippen LogP contribution is 2.21. The van der Waals surface area contributed by atoms with Gasteiger partial charge in [-0.3, -0.25) is 4.79 Å². The first-order chi connectivity index (χ1) is 10.0. The van der Waals surface area contributed by atoms with Gasteiger partial charge in [-0.15, -0.1) is 0 Å². The predicted molar refractivity (Wildman–Crippen MR) is 81.4 cm³/mol. The molecule has 1 aromatic rings. The number of rotatable bonds is 8. The van der Waals surface area contributed by atoms with Crippen LogP contribution in [0.5, 0.6) is 5.75 Å². The predicted octanol–water partition coefficient (Wildman–Crippen LogP) is 1.73. The third-order valence-electron chi connectivity index (χ3n) is 3.50. The molecule has 21 heavy (non-hydrogen) atoms. The van der Waals surface area contributed by atoms with E-state index in [1.165, 1.54) is 0 Å². The van der Waals surface area contributed by atoms with Crippen LogP contribution in [-0.2, 0) is 4.79 Å². The molecule has 0 heterocycles. The number of amides is 1. The monoisotopic (exact) mass is 293 g/mol. The molecule has 0 radical (unpaired) electrons. The highest BCUT2D eigenvalue weighted by atomic mass is 16.5. The highest BCUT2D eigenvalue weighted by Gasteiger charge is 2.35. The number of nitrogens with one attached hydrogen (secondary N) is 1. The lowest BCUT2D eigenvalue weighted by molar-refractivity contribution is -0.127. The highest BCUT2D eigenvalue weighted by molar-refractivity contribution is 6.06. The molecule has 0 bridgehead atoms. The largest absolute Gasteiger partial charge is 0.494 e. The molecule has 0 aliphatic heterocycles. The standard InChI is InChI=1S/C15H23N3O3/c1-3-15(2,13(16)18-20)14(19)17-10-7-11-21-12-8-5-4-6-9-12/h4-6,8-9,20H,3,7,10-11H2,1-2H3,(H2,16,18)(H,17,19). The number of ether oxygens (including phenoxy) is 1. The Labute approximate surface area is 125 Å². The van der Waals surface area contributed by atoms with Crippen LogP contribution in [0.3, 0.4) is 0 Å². The van der Waals surface area contributed by atoms with Gasteiger partial charge in [0, 0.05) is 6.54 Å². The first kappa shape index (κ1) is 16.8. The van der Waals surface area contributed by atoms with Crippen LogP contribution < -0.4 is 15.8 Å². The third-order valence-corrected chi connectivity index (χ3v) is 3.50. The summed E-state index contributed by atoms with van der Waals surface area (Å²) in [5, 5.41) is 14.5. The average molecular weight is 293 g/mol. The van der Waals surface area contributed by atoms with Crippen molar-refractivity contribution in [3.8, 4) is 5.75 Å². The third kappa shape index (κ3) is 4.66. The Hall–Kier alpha value is -2.24. The summed E-state index contributed by atoms with van der Waals surface area (Å²) in [6.45, 7) is 4.45. The van der Waals surface area contributed by atoms with Crippen LogP contribution >= 0.6 is 0 Å². The molecule has 0 spiro atoms. The second kappa shape index (κ2) is 8.14. The molecule has 116 valence electrons. The number of hydrogen-bond acceptors (Lipinski definition) is 4. The molecule has 1 rings (SSSR count). The van der Waals surface area contributed by atoms with Crippen LogP contribution in [0.1, 0.15) is 26.7 Å². The van der Waals surface area contributed by atoms with Gasteiger partial charge >= 0.3 is 0 Å². The van der Waals surface area contributed by atoms with Crippen LogP contribution in [0.4, 0.5) is 0 Å². The molecule has 0 saturated carbocycles. The maximum atomic E-state index is 12.1. The Kier molecular flexibility index (Phi) is 6.52. The summed E-state index contributed by atoms with van der Waals surface area (Å²) >= 11 is 0. The molecule has 0 fully saturated rings. The van der Waals surface area contributed by atoms with Crippen LogP contribution in [0.2, 0.25) is 0 Å². The van der Waals surface area contributed by atoms with Crippen molar-refractivity contribution in [3.05, 3.63) is 30.3 Å². The molecule has 0 aliphatic rings. The molecule has 6 nitrogen and oxygen atoms in total. The zero-order valence-electron chi connectivity index (χ0n) is 12.5. The summed E-state index contributed by atoms with van der Waals surface area (Å²) in [6, 6.07) is 9.49. The van der Waals surface area contributed by atoms with Crippen molar-refractivity contribution in [1.29, 1.82) is 0 Å². The van der Waals surface area contributed by atoms with Gasteiger partial charge in [-0.2, -0.15) is 0 Å². The van der Waals surface area contributed by atoms with E-state index in [4.69, 9.17) is 15.7 Å². The van der Waals surface area contributed by atoms with Gasteiger partial charge in [0.2, 0.25) is 5.91 Å². The molecule has 1 atom stereocenters. The lowest BCUT2D eigenvalue weighted by Gasteiger charge is -2.25. The molecule has 4 N–H and O–H groups in total. The maximum absolute atomic E-state index is 12.1. The van der Waals surface area contributed by atoms with Crippen LogP contribution in [-0.4, -0.2) is 30.1 Å². The number of benzene rings is 1. The zero-order valence-corrected chi connectivity index (χ0v) is 12.5. The van der Waals surface area contributed by atoms with Gasteiger partial charge in [0.15, 0.2) is 5.84 Å². The smallest absolute Gasteiger partial charge is 0.233 e. The van der Waals surface area contributed by atoms with E-state index >= 15 is 0 Å². The summed E-state index contributed by atoms with van der Waals surface area (Å²) in [6.07, 6.45) is 1.13. The van der Waals surface area contributed by atoms with Crippen molar-refractivity contribution in [2.45, 2.75) is 26.7 Å². The summed E-state index contributed by atoms with van der Waals surface area (Å²) in [4.78, 5) is 12.1. The molecule has 0 saturated heterocycles. The Morgan fingerprint density at radius 3 is 2.67 bits per heavy atom. The van der Waals surface area contributed by atoms with Crippen molar-refractivity contribution in [3.63, 3.8) is 0 Å². The van der Waals surface area contributed by atoms with E-state index in [0.29, 0.717) is 26.0 Å². The molecule has 1 aromatic carbocycles. The lowest BCUT2D eigenvalue weighted by Crippen LogP contribution is -2.47. The summed E-state index contributed by atoms with van der Waals surface area (Å²) in [5.41, 5.74) is 4.59. The molecule has 1 amide bonds. The molecule has 1 unspecified atom stereocenters. The lowest BCUT2D eigenvalue weighted by atomic mass is 9.85. The fourth-order valence-corrected chi connectivity index (χ4v) is 1.74. The SMILES string of the molecule is CCC(C)(C(=O)NCCCOc1ccccc1)/C(N)=N/O. The van der Waals surface area contributed by atoms with E-state index in [1.54, 1.807) is 6.92 Å². The van der Waals surface area contributed by atoms with Crippen molar-refractivity contribution in [2.24, 2.45) is 16.3 Å². The van der Waals surface area contributed by atoms with E-state index in [2.05, 4.69) is 10.5 Å². The van der Waals surface area contributed by atoms with Crippen LogP contribution in [0.25, 0.3) is 0 Å². The zero-order chi connectivity index (χ0) is 15.7. The Morgan fingerprint density at radius 1 is 1.43 bits per heavy atom. The van der Waals surface area contributed by atoms with Crippen molar-refractivity contribution >= 4 is 11.7 Å². The van der Waals surface area contributed by atoms with E-state index in [0.717, 1.165) is 5.75 Å². The summed E-state index contributed by atoms with van der Waals surface area (Å²) < 4.78 is 5.53. The molecule has 6 heteroatoms. The number of nitrogens with zero attached hydrogens (tertiary/aromatic N) is 1. The number of carbonyl (C=O) groups is 1. The van der Waals surface area contributed by atoms with Gasteiger partial charge in [-0.1, -0.05) is 30.3 Å². The minimum atomic E-state index is -0.991. The number of carbonyl (C=O) groups excluding carboxylic acids is 1. The normalized spacial score (nSPS) is 14.3. The van der Waals surface area contributed by atoms with E-state index < -0.39 is 5.41 Å². The molecule has 0 aromatic heterocycles. The number of amidine groups is 1. The minimum Gasteiger partial charge on any atom is -0.494 e. The molecular formula is C15H23N3O3. The summed E-state index contributed by atoms with van der Waals surface area (Å²) in [7, 11) is 0. The average Bonchev–Trinajstić information content (AvgIpc) is 2.53. The van der Waals surface area contributed by atoms with Gasteiger partial charge in [-0.05, 0) is 31.9 Å². The maximum Gasteiger partial charge on any atom is 0.233 e. The first-order valence-corrected chi connectivity index (χ1v) is 6.98. The second-order valence-corrected chi connectivity index (χ2v) is 4.94. The van der Waals surface area contributed by atoms with Gasteiger partial charge in [-0.25, -0.2) is 0 Å².